The van der Waals surface area contributed by atoms with Crippen LogP contribution in [0.3, 0.4) is 0 Å². The van der Waals surface area contributed by atoms with E-state index >= 15 is 0 Å². The maximum atomic E-state index is 12.2. The van der Waals surface area contributed by atoms with Gasteiger partial charge in [0.25, 0.3) is 0 Å². The smallest absolute Gasteiger partial charge is 0.306 e. The molecule has 4 aromatic rings. The molecule has 0 spiro atoms. The van der Waals surface area contributed by atoms with Crippen LogP contribution in [0.5, 0.6) is 0 Å². The molecule has 4 aromatic carbocycles. The second kappa shape index (κ2) is 26.4. The first kappa shape index (κ1) is 38.3. The zero-order valence-corrected chi connectivity index (χ0v) is 36.9. The van der Waals surface area contributed by atoms with E-state index in [-0.39, 0.29) is 77.7 Å². The molecule has 64 heavy (non-hydrogen) atoms. The topological polar surface area (TPSA) is 322 Å². The Kier molecular flexibility index (Phi) is 15.8. The minimum atomic E-state index is -3.06. The number of carbonyl (C=O) groups is 8. The molecule has 0 fully saturated rings. The first-order chi connectivity index (χ1) is 34.3. The Labute approximate surface area is 405 Å². The molecule has 0 heterocycles. The molecule has 0 aromatic heterocycles. The largest absolute Gasteiger partial charge is 0.481 e. The van der Waals surface area contributed by atoms with Crippen LogP contribution in [-0.4, -0.2) is 67.4 Å². The SMILES string of the molecule is [2H]c1c(Cl)ccc(C(=O)CC([2H])(C)C(=O)O)c1N.[2H]c1cc(Cl)cc(N)c1C(=O)C([2H])([2H])C(C)C(=O)O.[2H]c1cc(Cl)cc(N)c1C(=O)C([2H])([2H])C([2H])(C)C(=O)O.[2H]c1cc(Cl)cc(N)c1C(=O)C([2H])C([2H])(C)C(=O)O. The van der Waals surface area contributed by atoms with Crippen molar-refractivity contribution in [3.63, 3.8) is 0 Å². The fraction of sp³-hybridized carbons (Fsp3) is 0.273. The molecule has 4 rings (SSSR count). The number of carbonyl (C=O) groups excluding carboxylic acids is 4. The van der Waals surface area contributed by atoms with Gasteiger partial charge in [-0.15, -0.1) is 0 Å². The van der Waals surface area contributed by atoms with Gasteiger partial charge in [-0.05, 0) is 72.7 Å². The summed E-state index contributed by atoms with van der Waals surface area (Å²) < 4.78 is 91.0. The molecule has 0 saturated carbocycles. The number of aliphatic carboxylic acids is 4. The van der Waals surface area contributed by atoms with Crippen LogP contribution in [0, 0.1) is 23.6 Å². The number of ketones is 4. The number of rotatable bonds is 16. The summed E-state index contributed by atoms with van der Waals surface area (Å²) in [6.07, 6.45) is -8.13. The molecule has 5 unspecified atom stereocenters. The first-order valence-electron chi connectivity index (χ1n) is 23.6. The Hall–Kier alpha value is -6.20. The van der Waals surface area contributed by atoms with Gasteiger partial charge in [0.1, 0.15) is 0 Å². The Balaban J connectivity index is 0.000000507. The highest BCUT2D eigenvalue weighted by Crippen LogP contribution is 2.24. The van der Waals surface area contributed by atoms with Gasteiger partial charge < -0.3 is 43.4 Å². The molecule has 16 nitrogen and oxygen atoms in total. The van der Waals surface area contributed by atoms with Crippen molar-refractivity contribution in [1.82, 2.24) is 0 Å². The average Bonchev–Trinajstić information content (AvgIpc) is 3.26. The lowest BCUT2D eigenvalue weighted by molar-refractivity contribution is -0.141. The Morgan fingerprint density at radius 2 is 0.906 bits per heavy atom. The zero-order chi connectivity index (χ0) is 59.9. The van der Waals surface area contributed by atoms with E-state index in [0.717, 1.165) is 45.9 Å². The van der Waals surface area contributed by atoms with Crippen LogP contribution in [0.2, 0.25) is 20.1 Å². The molecule has 0 aliphatic rings. The van der Waals surface area contributed by atoms with Crippen molar-refractivity contribution < 1.29 is 75.2 Å². The molecule has 0 amide bonds. The fourth-order valence-corrected chi connectivity index (χ4v) is 4.83. The molecule has 12 N–H and O–H groups in total. The summed E-state index contributed by atoms with van der Waals surface area (Å²) >= 11 is 22.6. The van der Waals surface area contributed by atoms with Gasteiger partial charge in [-0.2, -0.15) is 0 Å². The number of carboxylic acid groups (broad SMARTS) is 4. The summed E-state index contributed by atoms with van der Waals surface area (Å²) in [5.41, 5.74) is 20.5. The highest BCUT2D eigenvalue weighted by atomic mass is 35.5. The molecule has 0 radical (unpaired) electrons. The van der Waals surface area contributed by atoms with Crippen molar-refractivity contribution in [2.45, 2.75) is 53.3 Å². The maximum absolute atomic E-state index is 12.2. The van der Waals surface area contributed by atoms with E-state index in [1.54, 1.807) is 0 Å². The van der Waals surface area contributed by atoms with Gasteiger partial charge in [0.2, 0.25) is 0 Å². The summed E-state index contributed by atoms with van der Waals surface area (Å²) in [5, 5.41) is 35.8. The minimum Gasteiger partial charge on any atom is -0.481 e. The quantitative estimate of drug-likeness (QED) is 0.0384. The number of hydrogen-bond acceptors (Lipinski definition) is 12. The van der Waals surface area contributed by atoms with Gasteiger partial charge >= 0.3 is 23.9 Å². The molecule has 0 saturated heterocycles. The van der Waals surface area contributed by atoms with Crippen LogP contribution >= 0.6 is 46.4 Å². The Morgan fingerprint density at radius 3 is 1.28 bits per heavy atom. The third-order valence-electron chi connectivity index (χ3n) is 7.57. The van der Waals surface area contributed by atoms with Crippen molar-refractivity contribution in [2.24, 2.45) is 23.6 Å². The predicted octanol–water partition coefficient (Wildman–Crippen LogP) is 8.86. The van der Waals surface area contributed by atoms with Crippen LogP contribution in [0.1, 0.15) is 111 Å². The lowest BCUT2D eigenvalue weighted by Crippen LogP contribution is -2.15. The summed E-state index contributed by atoms with van der Waals surface area (Å²) in [6, 6.07) is 8.45. The standard InChI is InChI=1S/4C11H12ClNO3/c4*1-6(11(15)16)4-10(14)8-3-2-7(12)5-9(8)13/h4*2-3,5-6H,4,13H2,1H3,(H,15,16)/i3D,4D2,6D;3D,4D,6D;5D,6D;3D,4D2. The maximum Gasteiger partial charge on any atom is 0.306 e. The number of halogens is 4. The monoisotopic (exact) mass is 976 g/mol. The van der Waals surface area contributed by atoms with E-state index in [1.165, 1.54) is 30.3 Å². The second-order valence-corrected chi connectivity index (χ2v) is 14.4. The molecule has 0 bridgehead atoms. The fourth-order valence-electron chi connectivity index (χ4n) is 4.15. The van der Waals surface area contributed by atoms with E-state index in [2.05, 4.69) is 0 Å². The first-order valence-corrected chi connectivity index (χ1v) is 19.0. The molecular formula is C44H48Cl4N4O12. The number of nitrogens with two attached hydrogens (primary N) is 4. The third-order valence-corrected chi connectivity index (χ3v) is 8.44. The number of Topliss-reactive ketones (excluding diaryl/α,β-unsaturated/α-hetero) is 4. The lowest BCUT2D eigenvalue weighted by atomic mass is 9.99. The Morgan fingerprint density at radius 1 is 0.516 bits per heavy atom. The highest BCUT2D eigenvalue weighted by Gasteiger charge is 2.22. The van der Waals surface area contributed by atoms with E-state index < -0.39 is 108 Å². The van der Waals surface area contributed by atoms with Crippen molar-refractivity contribution in [3.05, 3.63) is 115 Å². The number of hydrogen-bond donors (Lipinski definition) is 8. The average molecular weight is 979 g/mol. The summed E-state index contributed by atoms with van der Waals surface area (Å²) in [7, 11) is 0. The van der Waals surface area contributed by atoms with Gasteiger partial charge in [0.05, 0.1) is 29.1 Å². The molecule has 20 heteroatoms. The lowest BCUT2D eigenvalue weighted by Gasteiger charge is -2.07. The van der Waals surface area contributed by atoms with Crippen molar-refractivity contribution in [1.29, 1.82) is 0 Å². The zero-order valence-electron chi connectivity index (χ0n) is 45.9. The molecule has 344 valence electrons. The normalized spacial score (nSPS) is 17.2. The molecule has 5 atom stereocenters. The third kappa shape index (κ3) is 19.0. The van der Waals surface area contributed by atoms with Crippen LogP contribution < -0.4 is 22.9 Å². The van der Waals surface area contributed by atoms with Crippen LogP contribution in [0.25, 0.3) is 0 Å². The molecule has 0 aliphatic carbocycles. The predicted molar refractivity (Wildman–Crippen MR) is 246 cm³/mol. The number of carboxylic acids is 4. The van der Waals surface area contributed by atoms with E-state index in [9.17, 15) is 38.4 Å². The highest BCUT2D eigenvalue weighted by molar-refractivity contribution is 6.32. The molecular weight excluding hydrogens is 918 g/mol. The van der Waals surface area contributed by atoms with Crippen molar-refractivity contribution >= 4 is 116 Å². The van der Waals surface area contributed by atoms with Crippen LogP contribution in [0.15, 0.2) is 72.7 Å². The summed E-state index contributed by atoms with van der Waals surface area (Å²) in [4.78, 5) is 91.5. The van der Waals surface area contributed by atoms with Gasteiger partial charge in [-0.3, -0.25) is 38.4 Å². The number of anilines is 4. The van der Waals surface area contributed by atoms with Gasteiger partial charge in [0, 0.05) is 102 Å². The van der Waals surface area contributed by atoms with Crippen LogP contribution in [-0.2, 0) is 19.2 Å². The van der Waals surface area contributed by atoms with Gasteiger partial charge in [-0.25, -0.2) is 0 Å². The van der Waals surface area contributed by atoms with E-state index in [0.29, 0.717) is 0 Å². The number of nitrogen functional groups attached to an aromatic ring is 4. The number of benzene rings is 4. The van der Waals surface area contributed by atoms with E-state index in [1.807, 2.05) is 0 Å². The summed E-state index contributed by atoms with van der Waals surface area (Å²) in [6.45, 7) is 3.92. The van der Waals surface area contributed by atoms with E-state index in [4.69, 9.17) is 106 Å². The Bertz CT molecular complexity index is 2920. The summed E-state index contributed by atoms with van der Waals surface area (Å²) in [5.74, 6) is -18.8. The van der Waals surface area contributed by atoms with Gasteiger partial charge in [-0.1, -0.05) is 74.1 Å². The molecule has 0 aliphatic heterocycles. The minimum absolute atomic E-state index is 0.0177. The van der Waals surface area contributed by atoms with Crippen molar-refractivity contribution in [2.75, 3.05) is 22.9 Å². The second-order valence-electron chi connectivity index (χ2n) is 12.7. The van der Waals surface area contributed by atoms with Crippen LogP contribution in [0.4, 0.5) is 22.7 Å². The van der Waals surface area contributed by atoms with Crippen molar-refractivity contribution in [3.8, 4) is 0 Å². The van der Waals surface area contributed by atoms with Gasteiger partial charge in [0.15, 0.2) is 23.1 Å².